The molecular formula is C14H16BrFN4. The molecule has 0 saturated carbocycles. The minimum Gasteiger partial charge on any atom is -0.383 e. The largest absolute Gasteiger partial charge is 0.383 e. The summed E-state index contributed by atoms with van der Waals surface area (Å²) in [6, 6.07) is 3.16. The Hall–Kier alpha value is -1.69. The molecule has 0 fully saturated rings. The third-order valence-corrected chi connectivity index (χ3v) is 3.61. The number of aromatic nitrogens is 2. The van der Waals surface area contributed by atoms with Crippen LogP contribution in [-0.4, -0.2) is 9.97 Å². The number of nitrogen functional groups attached to an aromatic ring is 1. The maximum absolute atomic E-state index is 13.6. The Morgan fingerprint density at radius 1 is 1.35 bits per heavy atom. The molecule has 106 valence electrons. The van der Waals surface area contributed by atoms with E-state index < -0.39 is 0 Å². The van der Waals surface area contributed by atoms with Crippen molar-refractivity contribution in [2.75, 3.05) is 11.1 Å². The minimum absolute atomic E-state index is 0.322. The second-order valence-electron chi connectivity index (χ2n) is 4.54. The Balaban J connectivity index is 2.40. The Morgan fingerprint density at radius 3 is 2.80 bits per heavy atom. The third-order valence-electron chi connectivity index (χ3n) is 3.00. The van der Waals surface area contributed by atoms with Crippen LogP contribution in [0.1, 0.15) is 24.5 Å². The predicted octanol–water partition coefficient (Wildman–Crippen LogP) is 3.96. The van der Waals surface area contributed by atoms with Crippen LogP contribution in [0.15, 0.2) is 22.9 Å². The van der Waals surface area contributed by atoms with E-state index in [1.54, 1.807) is 6.07 Å². The van der Waals surface area contributed by atoms with Gasteiger partial charge in [0.05, 0.1) is 4.47 Å². The van der Waals surface area contributed by atoms with Gasteiger partial charge < -0.3 is 11.1 Å². The van der Waals surface area contributed by atoms with E-state index in [1.807, 2.05) is 6.92 Å². The van der Waals surface area contributed by atoms with Crippen molar-refractivity contribution in [3.8, 4) is 0 Å². The molecule has 0 unspecified atom stereocenters. The molecule has 1 aromatic heterocycles. The van der Waals surface area contributed by atoms with Crippen LogP contribution < -0.4 is 11.1 Å². The molecule has 0 spiro atoms. The van der Waals surface area contributed by atoms with Crippen molar-refractivity contribution in [1.29, 1.82) is 0 Å². The normalized spacial score (nSPS) is 10.6. The van der Waals surface area contributed by atoms with Crippen molar-refractivity contribution in [2.24, 2.45) is 0 Å². The van der Waals surface area contributed by atoms with Gasteiger partial charge in [-0.25, -0.2) is 14.4 Å². The monoisotopic (exact) mass is 338 g/mol. The number of hydrogen-bond donors (Lipinski definition) is 2. The molecule has 1 aromatic carbocycles. The van der Waals surface area contributed by atoms with E-state index in [9.17, 15) is 4.39 Å². The van der Waals surface area contributed by atoms with Crippen LogP contribution in [0, 0.1) is 12.7 Å². The predicted molar refractivity (Wildman–Crippen MR) is 82.6 cm³/mol. The fraction of sp³-hybridized carbons (Fsp3) is 0.286. The zero-order chi connectivity index (χ0) is 14.7. The second-order valence-corrected chi connectivity index (χ2v) is 5.40. The minimum atomic E-state index is -0.322. The molecule has 0 aliphatic rings. The van der Waals surface area contributed by atoms with E-state index >= 15 is 0 Å². The maximum Gasteiger partial charge on any atom is 0.139 e. The SMILES string of the molecule is CCCc1c(N)ncnc1Nc1cc(F)c(Br)cc1C. The molecule has 6 heteroatoms. The molecule has 1 heterocycles. The zero-order valence-corrected chi connectivity index (χ0v) is 13.0. The van der Waals surface area contributed by atoms with Gasteiger partial charge in [-0.3, -0.25) is 0 Å². The molecule has 0 aliphatic heterocycles. The van der Waals surface area contributed by atoms with Gasteiger partial charge >= 0.3 is 0 Å². The molecule has 3 N–H and O–H groups in total. The number of nitrogens with two attached hydrogens (primary N) is 1. The number of rotatable bonds is 4. The fourth-order valence-corrected chi connectivity index (χ4v) is 2.40. The van der Waals surface area contributed by atoms with E-state index in [1.165, 1.54) is 12.4 Å². The molecule has 0 atom stereocenters. The smallest absolute Gasteiger partial charge is 0.139 e. The molecule has 2 rings (SSSR count). The van der Waals surface area contributed by atoms with Gasteiger partial charge in [0.2, 0.25) is 0 Å². The summed E-state index contributed by atoms with van der Waals surface area (Å²) in [6.07, 6.45) is 3.11. The summed E-state index contributed by atoms with van der Waals surface area (Å²) >= 11 is 3.17. The number of benzene rings is 1. The second kappa shape index (κ2) is 6.17. The first-order valence-corrected chi connectivity index (χ1v) is 7.14. The average molecular weight is 339 g/mol. The standard InChI is InChI=1S/C14H16BrFN4/c1-3-4-9-13(17)18-7-19-14(9)20-12-6-11(16)10(15)5-8(12)2/h5-7H,3-4H2,1-2H3,(H3,17,18,19,20). The summed E-state index contributed by atoms with van der Waals surface area (Å²) in [4.78, 5) is 8.21. The van der Waals surface area contributed by atoms with Crippen LogP contribution in [0.4, 0.5) is 21.7 Å². The lowest BCUT2D eigenvalue weighted by Gasteiger charge is -2.14. The first kappa shape index (κ1) is 14.7. The maximum atomic E-state index is 13.6. The Bertz CT molecular complexity index is 631. The van der Waals surface area contributed by atoms with Crippen molar-refractivity contribution in [1.82, 2.24) is 9.97 Å². The molecular weight excluding hydrogens is 323 g/mol. The van der Waals surface area contributed by atoms with Crippen molar-refractivity contribution >= 4 is 33.3 Å². The summed E-state index contributed by atoms with van der Waals surface area (Å²) in [7, 11) is 0. The summed E-state index contributed by atoms with van der Waals surface area (Å²) in [5.74, 6) is 0.765. The Labute approximate surface area is 125 Å². The summed E-state index contributed by atoms with van der Waals surface area (Å²) in [6.45, 7) is 3.96. The number of anilines is 3. The van der Waals surface area contributed by atoms with Gasteiger partial charge in [-0.1, -0.05) is 13.3 Å². The highest BCUT2D eigenvalue weighted by molar-refractivity contribution is 9.10. The highest BCUT2D eigenvalue weighted by Gasteiger charge is 2.11. The summed E-state index contributed by atoms with van der Waals surface area (Å²) in [5.41, 5.74) is 8.32. The van der Waals surface area contributed by atoms with Crippen LogP contribution in [0.5, 0.6) is 0 Å². The quantitative estimate of drug-likeness (QED) is 0.885. The van der Waals surface area contributed by atoms with Crippen LogP contribution in [0.2, 0.25) is 0 Å². The van der Waals surface area contributed by atoms with E-state index in [0.717, 1.165) is 24.0 Å². The third kappa shape index (κ3) is 3.07. The van der Waals surface area contributed by atoms with Crippen molar-refractivity contribution in [3.05, 3.63) is 39.9 Å². The van der Waals surface area contributed by atoms with E-state index in [4.69, 9.17) is 5.73 Å². The van der Waals surface area contributed by atoms with E-state index in [0.29, 0.717) is 21.8 Å². The number of halogens is 2. The van der Waals surface area contributed by atoms with Crippen molar-refractivity contribution in [3.63, 3.8) is 0 Å². The van der Waals surface area contributed by atoms with Gasteiger partial charge in [-0.05, 0) is 47.0 Å². The molecule has 0 saturated heterocycles. The summed E-state index contributed by atoms with van der Waals surface area (Å²) < 4.78 is 14.1. The highest BCUT2D eigenvalue weighted by Crippen LogP contribution is 2.28. The van der Waals surface area contributed by atoms with Gasteiger partial charge in [0.25, 0.3) is 0 Å². The van der Waals surface area contributed by atoms with Crippen molar-refractivity contribution < 1.29 is 4.39 Å². The topological polar surface area (TPSA) is 63.8 Å². The van der Waals surface area contributed by atoms with Gasteiger partial charge in [-0.15, -0.1) is 0 Å². The number of nitrogens with one attached hydrogen (secondary N) is 1. The van der Waals surface area contributed by atoms with Crippen LogP contribution in [-0.2, 0) is 6.42 Å². The van der Waals surface area contributed by atoms with Gasteiger partial charge in [-0.2, -0.15) is 0 Å². The van der Waals surface area contributed by atoms with Crippen molar-refractivity contribution in [2.45, 2.75) is 26.7 Å². The number of aryl methyl sites for hydroxylation is 1. The van der Waals surface area contributed by atoms with Gasteiger partial charge in [0.1, 0.15) is 23.8 Å². The molecule has 0 bridgehead atoms. The first-order valence-electron chi connectivity index (χ1n) is 6.35. The van der Waals surface area contributed by atoms with Crippen LogP contribution >= 0.6 is 15.9 Å². The van der Waals surface area contributed by atoms with Crippen LogP contribution in [0.25, 0.3) is 0 Å². The fourth-order valence-electron chi connectivity index (χ4n) is 1.94. The van der Waals surface area contributed by atoms with Gasteiger partial charge in [0.15, 0.2) is 0 Å². The molecule has 0 radical (unpaired) electrons. The number of hydrogen-bond acceptors (Lipinski definition) is 4. The van der Waals surface area contributed by atoms with E-state index in [-0.39, 0.29) is 5.82 Å². The molecule has 20 heavy (non-hydrogen) atoms. The molecule has 0 aliphatic carbocycles. The zero-order valence-electron chi connectivity index (χ0n) is 11.4. The molecule has 4 nitrogen and oxygen atoms in total. The van der Waals surface area contributed by atoms with E-state index in [2.05, 4.69) is 38.1 Å². The van der Waals surface area contributed by atoms with Gasteiger partial charge in [0, 0.05) is 11.3 Å². The Morgan fingerprint density at radius 2 is 2.10 bits per heavy atom. The summed E-state index contributed by atoms with van der Waals surface area (Å²) in [5, 5.41) is 3.14. The lowest BCUT2D eigenvalue weighted by Crippen LogP contribution is -2.06. The number of nitrogens with zero attached hydrogens (tertiary/aromatic N) is 2. The first-order chi connectivity index (χ1) is 9.52. The lowest BCUT2D eigenvalue weighted by molar-refractivity contribution is 0.621. The molecule has 0 amide bonds. The molecule has 2 aromatic rings. The lowest BCUT2D eigenvalue weighted by atomic mass is 10.1. The Kier molecular flexibility index (Phi) is 4.54. The average Bonchev–Trinajstić information content (AvgIpc) is 2.40. The highest BCUT2D eigenvalue weighted by atomic mass is 79.9. The van der Waals surface area contributed by atoms with Crippen LogP contribution in [0.3, 0.4) is 0 Å².